The highest BCUT2D eigenvalue weighted by atomic mass is 16.5. The molecule has 2 N–H and O–H groups in total. The van der Waals surface area contributed by atoms with Crippen molar-refractivity contribution in [1.29, 1.82) is 0 Å². The number of aromatic nitrogens is 1. The Balaban J connectivity index is 1.68. The maximum Gasteiger partial charge on any atom is 0.191 e. The van der Waals surface area contributed by atoms with Crippen LogP contribution >= 0.6 is 0 Å². The van der Waals surface area contributed by atoms with Gasteiger partial charge in [0.15, 0.2) is 5.96 Å². The van der Waals surface area contributed by atoms with E-state index in [9.17, 15) is 0 Å². The van der Waals surface area contributed by atoms with Gasteiger partial charge in [0.1, 0.15) is 5.76 Å². The lowest BCUT2D eigenvalue weighted by atomic mass is 10.0. The predicted molar refractivity (Wildman–Crippen MR) is 106 cm³/mol. The summed E-state index contributed by atoms with van der Waals surface area (Å²) < 4.78 is 5.45. The van der Waals surface area contributed by atoms with Crippen LogP contribution in [-0.2, 0) is 19.4 Å². The molecular weight excluding hydrogens is 324 g/mol. The van der Waals surface area contributed by atoms with E-state index in [-0.39, 0.29) is 0 Å². The molecule has 26 heavy (non-hydrogen) atoms. The SMILES string of the molecule is CCNC(=NCc1c(CC)noc1CC)NC1CC1c1ccccc1C. The van der Waals surface area contributed by atoms with Crippen molar-refractivity contribution in [3.05, 3.63) is 52.4 Å². The lowest BCUT2D eigenvalue weighted by Gasteiger charge is -2.12. The van der Waals surface area contributed by atoms with E-state index in [1.54, 1.807) is 0 Å². The molecule has 0 amide bonds. The lowest BCUT2D eigenvalue weighted by molar-refractivity contribution is 0.380. The summed E-state index contributed by atoms with van der Waals surface area (Å²) in [5.41, 5.74) is 4.97. The average Bonchev–Trinajstić information content (AvgIpc) is 3.28. The number of rotatable bonds is 7. The Labute approximate surface area is 156 Å². The zero-order valence-corrected chi connectivity index (χ0v) is 16.3. The van der Waals surface area contributed by atoms with E-state index in [0.29, 0.717) is 18.5 Å². The summed E-state index contributed by atoms with van der Waals surface area (Å²) in [5, 5.41) is 11.1. The van der Waals surface area contributed by atoms with Crippen LogP contribution in [0.3, 0.4) is 0 Å². The molecule has 0 spiro atoms. The fourth-order valence-corrected chi connectivity index (χ4v) is 3.47. The van der Waals surface area contributed by atoms with Crippen molar-refractivity contribution in [3.63, 3.8) is 0 Å². The molecule has 140 valence electrons. The number of nitrogens with zero attached hydrogens (tertiary/aromatic N) is 2. The van der Waals surface area contributed by atoms with Crippen molar-refractivity contribution >= 4 is 5.96 Å². The molecule has 3 rings (SSSR count). The molecule has 5 heteroatoms. The molecule has 0 saturated heterocycles. The smallest absolute Gasteiger partial charge is 0.191 e. The van der Waals surface area contributed by atoms with Gasteiger partial charge in [0.25, 0.3) is 0 Å². The summed E-state index contributed by atoms with van der Waals surface area (Å²) in [7, 11) is 0. The van der Waals surface area contributed by atoms with Crippen molar-refractivity contribution in [3.8, 4) is 0 Å². The first-order valence-corrected chi connectivity index (χ1v) is 9.74. The van der Waals surface area contributed by atoms with Gasteiger partial charge in [-0.15, -0.1) is 0 Å². The third-order valence-electron chi connectivity index (χ3n) is 5.05. The quantitative estimate of drug-likeness (QED) is 0.588. The number of hydrogen-bond donors (Lipinski definition) is 2. The van der Waals surface area contributed by atoms with Gasteiger partial charge in [0.2, 0.25) is 0 Å². The van der Waals surface area contributed by atoms with Crippen molar-refractivity contribution in [2.24, 2.45) is 4.99 Å². The lowest BCUT2D eigenvalue weighted by Crippen LogP contribution is -2.39. The van der Waals surface area contributed by atoms with Gasteiger partial charge < -0.3 is 15.2 Å². The molecule has 1 heterocycles. The fourth-order valence-electron chi connectivity index (χ4n) is 3.47. The van der Waals surface area contributed by atoms with Gasteiger partial charge in [-0.3, -0.25) is 0 Å². The highest BCUT2D eigenvalue weighted by molar-refractivity contribution is 5.80. The maximum atomic E-state index is 5.45. The molecule has 2 atom stereocenters. The Kier molecular flexibility index (Phi) is 5.96. The predicted octanol–water partition coefficient (Wildman–Crippen LogP) is 3.72. The molecule has 2 aromatic rings. The summed E-state index contributed by atoms with van der Waals surface area (Å²) in [6, 6.07) is 9.11. The van der Waals surface area contributed by atoms with Crippen LogP contribution in [0.5, 0.6) is 0 Å². The Morgan fingerprint density at radius 1 is 1.23 bits per heavy atom. The standard InChI is InChI=1S/C21H30N4O/c1-5-18-17(20(6-2)26-25-18)13-23-21(22-7-3)24-19-12-16(19)15-11-9-8-10-14(15)4/h8-11,16,19H,5-7,12-13H2,1-4H3,(H2,22,23,24). The maximum absolute atomic E-state index is 5.45. The zero-order chi connectivity index (χ0) is 18.5. The van der Waals surface area contributed by atoms with Crippen LogP contribution in [0.15, 0.2) is 33.8 Å². The molecule has 0 aliphatic heterocycles. The highest BCUT2D eigenvalue weighted by Gasteiger charge is 2.39. The largest absolute Gasteiger partial charge is 0.361 e. The van der Waals surface area contributed by atoms with Crippen LogP contribution < -0.4 is 10.6 Å². The molecule has 1 fully saturated rings. The third-order valence-corrected chi connectivity index (χ3v) is 5.05. The van der Waals surface area contributed by atoms with Gasteiger partial charge >= 0.3 is 0 Å². The first-order chi connectivity index (χ1) is 12.7. The summed E-state index contributed by atoms with van der Waals surface area (Å²) in [6.07, 6.45) is 2.87. The van der Waals surface area contributed by atoms with Crippen molar-refractivity contribution < 1.29 is 4.52 Å². The van der Waals surface area contributed by atoms with Crippen LogP contribution in [0.2, 0.25) is 0 Å². The first-order valence-electron chi connectivity index (χ1n) is 9.74. The minimum absolute atomic E-state index is 0.452. The average molecular weight is 354 g/mol. The summed E-state index contributed by atoms with van der Waals surface area (Å²) >= 11 is 0. The van der Waals surface area contributed by atoms with Crippen LogP contribution in [0.1, 0.15) is 61.3 Å². The zero-order valence-electron chi connectivity index (χ0n) is 16.3. The number of nitrogens with one attached hydrogen (secondary N) is 2. The minimum atomic E-state index is 0.452. The second kappa shape index (κ2) is 8.39. The van der Waals surface area contributed by atoms with Crippen molar-refractivity contribution in [1.82, 2.24) is 15.8 Å². The Hall–Kier alpha value is -2.30. The van der Waals surface area contributed by atoms with Crippen LogP contribution in [0.4, 0.5) is 0 Å². The number of aliphatic imine (C=N–C) groups is 1. The van der Waals surface area contributed by atoms with Gasteiger partial charge in [-0.05, 0) is 37.8 Å². The Morgan fingerprint density at radius 3 is 2.73 bits per heavy atom. The van der Waals surface area contributed by atoms with Gasteiger partial charge in [0.05, 0.1) is 12.2 Å². The number of hydrogen-bond acceptors (Lipinski definition) is 3. The molecule has 1 aromatic heterocycles. The molecule has 0 radical (unpaired) electrons. The van der Waals surface area contributed by atoms with Crippen molar-refractivity contribution in [2.45, 2.75) is 65.5 Å². The summed E-state index contributed by atoms with van der Waals surface area (Å²) in [6.45, 7) is 9.93. The van der Waals surface area contributed by atoms with Crippen molar-refractivity contribution in [2.75, 3.05) is 6.54 Å². The van der Waals surface area contributed by atoms with E-state index >= 15 is 0 Å². The van der Waals surface area contributed by atoms with Gasteiger partial charge in [-0.2, -0.15) is 0 Å². The molecule has 5 nitrogen and oxygen atoms in total. The van der Waals surface area contributed by atoms with E-state index in [4.69, 9.17) is 9.52 Å². The number of aryl methyl sites for hydroxylation is 3. The molecule has 2 unspecified atom stereocenters. The number of benzene rings is 1. The monoisotopic (exact) mass is 354 g/mol. The number of guanidine groups is 1. The first kappa shape index (κ1) is 18.5. The van der Waals surface area contributed by atoms with Gasteiger partial charge in [0, 0.05) is 30.5 Å². The Morgan fingerprint density at radius 2 is 2.04 bits per heavy atom. The van der Waals surface area contributed by atoms with E-state index in [1.165, 1.54) is 11.1 Å². The minimum Gasteiger partial charge on any atom is -0.361 e. The molecule has 1 aliphatic carbocycles. The molecule has 1 aliphatic rings. The van der Waals surface area contributed by atoms with E-state index in [0.717, 1.165) is 48.8 Å². The summed E-state index contributed by atoms with van der Waals surface area (Å²) in [4.78, 5) is 4.80. The van der Waals surface area contributed by atoms with E-state index < -0.39 is 0 Å². The molecular formula is C21H30N4O. The molecule has 1 saturated carbocycles. The second-order valence-electron chi connectivity index (χ2n) is 6.88. The molecule has 0 bridgehead atoms. The van der Waals surface area contributed by atoms with Gasteiger partial charge in [-0.1, -0.05) is 43.3 Å². The van der Waals surface area contributed by atoms with Crippen LogP contribution in [-0.4, -0.2) is 23.7 Å². The normalized spacial score (nSPS) is 19.5. The van der Waals surface area contributed by atoms with E-state index in [1.807, 2.05) is 0 Å². The van der Waals surface area contributed by atoms with Gasteiger partial charge in [-0.25, -0.2) is 4.99 Å². The highest BCUT2D eigenvalue weighted by Crippen LogP contribution is 2.42. The summed E-state index contributed by atoms with van der Waals surface area (Å²) in [5.74, 6) is 2.40. The fraction of sp³-hybridized carbons (Fsp3) is 0.524. The molecule has 1 aromatic carbocycles. The van der Waals surface area contributed by atoms with Crippen LogP contribution in [0, 0.1) is 6.92 Å². The Bertz CT molecular complexity index is 744. The third kappa shape index (κ3) is 4.09. The topological polar surface area (TPSA) is 62.5 Å². The van der Waals surface area contributed by atoms with E-state index in [2.05, 4.69) is 67.8 Å². The van der Waals surface area contributed by atoms with Crippen LogP contribution in [0.25, 0.3) is 0 Å². The second-order valence-corrected chi connectivity index (χ2v) is 6.88.